The van der Waals surface area contributed by atoms with Crippen LogP contribution in [0.25, 0.3) is 10.2 Å². The summed E-state index contributed by atoms with van der Waals surface area (Å²) in [5.74, 6) is -0.175. The molecule has 2 aromatic carbocycles. The molecule has 176 valence electrons. The number of sulfone groups is 1. The molecule has 8 heteroatoms. The van der Waals surface area contributed by atoms with Crippen LogP contribution in [0.15, 0.2) is 41.3 Å². The molecule has 1 aliphatic heterocycles. The lowest BCUT2D eigenvalue weighted by Crippen LogP contribution is -2.37. The minimum absolute atomic E-state index is 0.0132. The van der Waals surface area contributed by atoms with Gasteiger partial charge in [-0.15, -0.1) is 0 Å². The van der Waals surface area contributed by atoms with Crippen molar-refractivity contribution in [3.05, 3.63) is 53.1 Å². The first-order valence-electron chi connectivity index (χ1n) is 11.3. The third kappa shape index (κ3) is 5.62. The lowest BCUT2D eigenvalue weighted by atomic mass is 10.1. The summed E-state index contributed by atoms with van der Waals surface area (Å²) in [6, 6.07) is 11.0. The Kier molecular flexibility index (Phi) is 7.16. The number of carbonyl (C=O) groups excluding carboxylic acids is 1. The van der Waals surface area contributed by atoms with Crippen molar-refractivity contribution in [2.45, 2.75) is 57.5 Å². The van der Waals surface area contributed by atoms with Crippen molar-refractivity contribution in [3.63, 3.8) is 0 Å². The highest BCUT2D eigenvalue weighted by Crippen LogP contribution is 2.32. The van der Waals surface area contributed by atoms with E-state index >= 15 is 0 Å². The number of nitrogens with zero attached hydrogens (tertiary/aromatic N) is 2. The van der Waals surface area contributed by atoms with Gasteiger partial charge in [-0.1, -0.05) is 29.0 Å². The summed E-state index contributed by atoms with van der Waals surface area (Å²) >= 11 is 1.50. The molecular weight excluding hydrogens is 456 g/mol. The fraction of sp³-hybridized carbons (Fsp3) is 0.440. The van der Waals surface area contributed by atoms with E-state index < -0.39 is 9.84 Å². The van der Waals surface area contributed by atoms with Gasteiger partial charge in [0.1, 0.15) is 0 Å². The van der Waals surface area contributed by atoms with Crippen molar-refractivity contribution in [1.82, 2.24) is 4.98 Å². The van der Waals surface area contributed by atoms with E-state index in [0.29, 0.717) is 23.2 Å². The highest BCUT2D eigenvalue weighted by molar-refractivity contribution is 7.91. The zero-order valence-electron chi connectivity index (χ0n) is 19.3. The Balaban J connectivity index is 1.49. The zero-order valence-corrected chi connectivity index (χ0v) is 21.0. The predicted molar refractivity (Wildman–Crippen MR) is 133 cm³/mol. The number of fused-ring (bicyclic) bond motifs is 1. The summed E-state index contributed by atoms with van der Waals surface area (Å²) in [7, 11) is -3.42. The Bertz CT molecular complexity index is 1200. The minimum atomic E-state index is -3.42. The number of aryl methyl sites for hydroxylation is 3. The smallest absolute Gasteiger partial charge is 0.228 e. The van der Waals surface area contributed by atoms with E-state index in [9.17, 15) is 13.2 Å². The second kappa shape index (κ2) is 9.91. The zero-order chi connectivity index (χ0) is 23.6. The van der Waals surface area contributed by atoms with Gasteiger partial charge in [-0.2, -0.15) is 0 Å². The number of carbonyl (C=O) groups is 1. The largest absolute Gasteiger partial charge is 0.376 e. The Hall–Kier alpha value is -2.29. The standard InChI is InChI=1S/C25H30N2O4S2/c1-17-8-10-21(11-9-17)33(29,30)13-5-7-24(28)27(16-20-6-4-12-31-20)25-26-22-14-18(2)19(3)15-23(22)32-25/h8-11,14-15,20H,4-7,12-13,16H2,1-3H3. The van der Waals surface area contributed by atoms with Crippen molar-refractivity contribution in [2.24, 2.45) is 0 Å². The molecule has 1 aromatic heterocycles. The molecule has 1 aliphatic rings. The van der Waals surface area contributed by atoms with E-state index in [4.69, 9.17) is 9.72 Å². The van der Waals surface area contributed by atoms with E-state index in [1.165, 1.54) is 16.9 Å². The Morgan fingerprint density at radius 1 is 1.15 bits per heavy atom. The van der Waals surface area contributed by atoms with Crippen LogP contribution < -0.4 is 4.90 Å². The first-order chi connectivity index (χ1) is 15.7. The van der Waals surface area contributed by atoms with Crippen molar-refractivity contribution in [3.8, 4) is 0 Å². The molecule has 33 heavy (non-hydrogen) atoms. The second-order valence-electron chi connectivity index (χ2n) is 8.78. The fourth-order valence-corrected chi connectivity index (χ4v) is 6.36. The van der Waals surface area contributed by atoms with Crippen LogP contribution in [0.1, 0.15) is 42.4 Å². The van der Waals surface area contributed by atoms with Crippen molar-refractivity contribution < 1.29 is 17.9 Å². The van der Waals surface area contributed by atoms with Crippen LogP contribution >= 0.6 is 11.3 Å². The number of hydrogen-bond donors (Lipinski definition) is 0. The topological polar surface area (TPSA) is 76.6 Å². The molecule has 1 atom stereocenters. The maximum absolute atomic E-state index is 13.3. The molecule has 1 amide bonds. The summed E-state index contributed by atoms with van der Waals surface area (Å²) in [4.78, 5) is 20.0. The molecule has 6 nitrogen and oxygen atoms in total. The van der Waals surface area contributed by atoms with Crippen molar-refractivity contribution in [2.75, 3.05) is 23.8 Å². The van der Waals surface area contributed by atoms with Crippen LogP contribution in [0.3, 0.4) is 0 Å². The number of anilines is 1. The Morgan fingerprint density at radius 2 is 1.88 bits per heavy atom. The van der Waals surface area contributed by atoms with Gasteiger partial charge in [-0.3, -0.25) is 9.69 Å². The number of ether oxygens (including phenoxy) is 1. The lowest BCUT2D eigenvalue weighted by Gasteiger charge is -2.23. The van der Waals surface area contributed by atoms with Gasteiger partial charge in [0, 0.05) is 13.0 Å². The minimum Gasteiger partial charge on any atom is -0.376 e. The fourth-order valence-electron chi connectivity index (χ4n) is 3.97. The third-order valence-corrected chi connectivity index (χ3v) is 8.98. The maximum Gasteiger partial charge on any atom is 0.228 e. The molecule has 0 saturated carbocycles. The van der Waals surface area contributed by atoms with Gasteiger partial charge in [0.15, 0.2) is 15.0 Å². The number of benzene rings is 2. The van der Waals surface area contributed by atoms with Gasteiger partial charge >= 0.3 is 0 Å². The van der Waals surface area contributed by atoms with Crippen LogP contribution in [0.2, 0.25) is 0 Å². The molecule has 3 aromatic rings. The molecule has 0 N–H and O–H groups in total. The third-order valence-electron chi connectivity index (χ3n) is 6.12. The first-order valence-corrected chi connectivity index (χ1v) is 13.8. The molecule has 0 bridgehead atoms. The van der Waals surface area contributed by atoms with Crippen LogP contribution in [0.5, 0.6) is 0 Å². The normalized spacial score (nSPS) is 16.4. The Morgan fingerprint density at radius 3 is 2.58 bits per heavy atom. The van der Waals surface area contributed by atoms with Crippen molar-refractivity contribution in [1.29, 1.82) is 0 Å². The number of rotatable bonds is 8. The van der Waals surface area contributed by atoms with Gasteiger partial charge in [0.25, 0.3) is 0 Å². The molecule has 0 aliphatic carbocycles. The van der Waals surface area contributed by atoms with E-state index in [1.807, 2.05) is 13.0 Å². The first kappa shape index (κ1) is 23.9. The van der Waals surface area contributed by atoms with Gasteiger partial charge in [0.05, 0.1) is 33.5 Å². The number of hydrogen-bond acceptors (Lipinski definition) is 6. The van der Waals surface area contributed by atoms with E-state index in [-0.39, 0.29) is 30.6 Å². The van der Waals surface area contributed by atoms with E-state index in [0.717, 1.165) is 34.2 Å². The highest BCUT2D eigenvalue weighted by atomic mass is 32.2. The van der Waals surface area contributed by atoms with Gasteiger partial charge in [-0.05, 0) is 75.4 Å². The van der Waals surface area contributed by atoms with Gasteiger partial charge < -0.3 is 4.74 Å². The highest BCUT2D eigenvalue weighted by Gasteiger charge is 2.26. The molecule has 4 rings (SSSR count). The van der Waals surface area contributed by atoms with Gasteiger partial charge in [-0.25, -0.2) is 13.4 Å². The second-order valence-corrected chi connectivity index (χ2v) is 11.9. The van der Waals surface area contributed by atoms with E-state index in [2.05, 4.69) is 19.9 Å². The molecular formula is C25H30N2O4S2. The lowest BCUT2D eigenvalue weighted by molar-refractivity contribution is -0.119. The molecule has 1 unspecified atom stereocenters. The van der Waals surface area contributed by atoms with Crippen LogP contribution in [0.4, 0.5) is 5.13 Å². The molecule has 0 radical (unpaired) electrons. The van der Waals surface area contributed by atoms with Crippen LogP contribution in [-0.2, 0) is 19.4 Å². The number of amides is 1. The molecule has 0 spiro atoms. The average molecular weight is 487 g/mol. The monoisotopic (exact) mass is 486 g/mol. The summed E-state index contributed by atoms with van der Waals surface area (Å²) in [6.45, 7) is 7.19. The summed E-state index contributed by atoms with van der Waals surface area (Å²) in [5.41, 5.74) is 4.24. The van der Waals surface area contributed by atoms with Gasteiger partial charge in [0.2, 0.25) is 5.91 Å². The molecule has 1 saturated heterocycles. The van der Waals surface area contributed by atoms with E-state index in [1.54, 1.807) is 29.2 Å². The quantitative estimate of drug-likeness (QED) is 0.448. The molecule has 2 heterocycles. The van der Waals surface area contributed by atoms with Crippen LogP contribution in [-0.4, -0.2) is 44.3 Å². The average Bonchev–Trinajstić information content (AvgIpc) is 3.42. The summed E-state index contributed by atoms with van der Waals surface area (Å²) in [6.07, 6.45) is 2.29. The number of aromatic nitrogens is 1. The summed E-state index contributed by atoms with van der Waals surface area (Å²) < 4.78 is 32.2. The Labute approximate surface area is 199 Å². The van der Waals surface area contributed by atoms with Crippen molar-refractivity contribution >= 4 is 42.4 Å². The van der Waals surface area contributed by atoms with Crippen LogP contribution in [0, 0.1) is 20.8 Å². The SMILES string of the molecule is Cc1ccc(S(=O)(=O)CCCC(=O)N(CC2CCCO2)c2nc3cc(C)c(C)cc3s2)cc1. The number of thiazole rings is 1. The summed E-state index contributed by atoms with van der Waals surface area (Å²) in [5, 5.41) is 0.650. The molecule has 1 fully saturated rings. The maximum atomic E-state index is 13.3. The predicted octanol–water partition coefficient (Wildman–Crippen LogP) is 4.99.